The zero-order chi connectivity index (χ0) is 24.3. The number of benzene rings is 2. The van der Waals surface area contributed by atoms with Crippen LogP contribution in [-0.2, 0) is 14.3 Å². The van der Waals surface area contributed by atoms with E-state index < -0.39 is 5.82 Å². The number of hydrogen-bond donors (Lipinski definition) is 1. The Morgan fingerprint density at radius 3 is 2.39 bits per heavy atom. The molecule has 5 nitrogen and oxygen atoms in total. The molecular weight excluding hydrogens is 523 g/mol. The number of amides is 1. The summed E-state index contributed by atoms with van der Waals surface area (Å²) in [4.78, 5) is 26.0. The number of carbonyl (C=O) groups excluding carboxylic acids is 2. The van der Waals surface area contributed by atoms with Gasteiger partial charge in [-0.15, -0.1) is 0 Å². The Labute approximate surface area is 223 Å². The third kappa shape index (κ3) is 6.17. The van der Waals surface area contributed by atoms with Crippen LogP contribution in [0.15, 0.2) is 54.6 Å². The van der Waals surface area contributed by atoms with E-state index in [2.05, 4.69) is 29.6 Å². The van der Waals surface area contributed by atoms with Crippen LogP contribution in [0.1, 0.15) is 56.4 Å². The number of hydrogen-bond acceptors (Lipinski definition) is 3. The monoisotopic (exact) mass is 558 g/mol. The van der Waals surface area contributed by atoms with Crippen molar-refractivity contribution in [2.75, 3.05) is 31.5 Å². The van der Waals surface area contributed by atoms with Crippen LogP contribution < -0.4 is 22.3 Å². The second-order valence-corrected chi connectivity index (χ2v) is 10.8. The first-order valence-electron chi connectivity index (χ1n) is 13.2. The van der Waals surface area contributed by atoms with E-state index in [-0.39, 0.29) is 53.1 Å². The Morgan fingerprint density at radius 1 is 0.917 bits per heavy atom. The number of fused-ring (bicyclic) bond motifs is 3. The molecule has 2 bridgehead atoms. The van der Waals surface area contributed by atoms with Gasteiger partial charge in [-0.3, -0.25) is 9.59 Å². The molecule has 3 atom stereocenters. The number of quaternary nitrogens is 1. The highest BCUT2D eigenvalue weighted by atomic mass is 79.9. The summed E-state index contributed by atoms with van der Waals surface area (Å²) in [5.41, 5.74) is 1.59. The Balaban J connectivity index is 0.00000304. The van der Waals surface area contributed by atoms with Crippen molar-refractivity contribution in [3.63, 3.8) is 0 Å². The molecule has 3 saturated heterocycles. The van der Waals surface area contributed by atoms with Crippen molar-refractivity contribution < 1.29 is 40.2 Å². The molecule has 1 N–H and O–H groups in total. The summed E-state index contributed by atoms with van der Waals surface area (Å²) in [7, 11) is 0. The average molecular weight is 560 g/mol. The van der Waals surface area contributed by atoms with Crippen LogP contribution in [0.3, 0.4) is 0 Å². The zero-order valence-corrected chi connectivity index (χ0v) is 22.3. The number of nitrogens with zero attached hydrogens (tertiary/aromatic N) is 1. The maximum absolute atomic E-state index is 14.0. The van der Waals surface area contributed by atoms with Crippen LogP contribution in [0.4, 0.5) is 10.1 Å². The van der Waals surface area contributed by atoms with Gasteiger partial charge >= 0.3 is 5.97 Å². The van der Waals surface area contributed by atoms with Crippen molar-refractivity contribution in [1.29, 1.82) is 0 Å². The van der Waals surface area contributed by atoms with Crippen molar-refractivity contribution in [1.82, 2.24) is 0 Å². The second kappa shape index (κ2) is 11.9. The SMILES string of the molecule is O=C(C[N+]12CCC(CC1)[C@@H](OC(=O)C1CCCC(c3ccccc3)CC1)C2)Nc1ccccc1F.[Br-]. The highest BCUT2D eigenvalue weighted by molar-refractivity contribution is 5.91. The first kappa shape index (κ1) is 26.8. The Morgan fingerprint density at radius 2 is 1.64 bits per heavy atom. The third-order valence-electron chi connectivity index (χ3n) is 8.51. The molecule has 0 spiro atoms. The molecule has 36 heavy (non-hydrogen) atoms. The van der Waals surface area contributed by atoms with Gasteiger partial charge in [0, 0.05) is 18.8 Å². The van der Waals surface area contributed by atoms with Crippen LogP contribution in [0.2, 0.25) is 0 Å². The average Bonchev–Trinajstić information content (AvgIpc) is 3.13. The number of carbonyl (C=O) groups is 2. The van der Waals surface area contributed by atoms with Gasteiger partial charge < -0.3 is 31.5 Å². The minimum absolute atomic E-state index is 0. The van der Waals surface area contributed by atoms with Crippen LogP contribution in [-0.4, -0.2) is 48.6 Å². The lowest BCUT2D eigenvalue weighted by molar-refractivity contribution is -0.939. The predicted molar refractivity (Wildman–Crippen MR) is 133 cm³/mol. The molecule has 2 unspecified atom stereocenters. The lowest BCUT2D eigenvalue weighted by atomic mass is 9.83. The molecule has 1 aliphatic carbocycles. The minimum atomic E-state index is -0.428. The Bertz CT molecular complexity index is 1040. The maximum atomic E-state index is 14.0. The van der Waals surface area contributed by atoms with E-state index in [4.69, 9.17) is 4.74 Å². The summed E-state index contributed by atoms with van der Waals surface area (Å²) in [6.07, 6.45) is 6.76. The van der Waals surface area contributed by atoms with E-state index in [0.717, 1.165) is 58.0 Å². The van der Waals surface area contributed by atoms with Gasteiger partial charge in [0.15, 0.2) is 12.6 Å². The van der Waals surface area contributed by atoms with Crippen LogP contribution in [0, 0.1) is 17.7 Å². The molecular formula is C29H36BrFN2O3. The topological polar surface area (TPSA) is 55.4 Å². The zero-order valence-electron chi connectivity index (χ0n) is 20.7. The van der Waals surface area contributed by atoms with Crippen molar-refractivity contribution in [3.05, 3.63) is 66.0 Å². The largest absolute Gasteiger partial charge is 1.00 e. The fraction of sp³-hybridized carbons (Fsp3) is 0.517. The van der Waals surface area contributed by atoms with Gasteiger partial charge in [0.2, 0.25) is 0 Å². The fourth-order valence-electron chi connectivity index (χ4n) is 6.48. The molecule has 3 heterocycles. The van der Waals surface area contributed by atoms with Crippen LogP contribution >= 0.6 is 0 Å². The van der Waals surface area contributed by atoms with Gasteiger partial charge in [0.05, 0.1) is 24.7 Å². The molecule has 194 valence electrons. The number of nitrogens with one attached hydrogen (secondary N) is 1. The quantitative estimate of drug-likeness (QED) is 0.336. The molecule has 7 heteroatoms. The molecule has 4 aliphatic rings. The number of halogens is 2. The summed E-state index contributed by atoms with van der Waals surface area (Å²) < 4.78 is 20.7. The first-order valence-corrected chi connectivity index (χ1v) is 13.2. The van der Waals surface area contributed by atoms with Gasteiger partial charge in [-0.1, -0.05) is 48.9 Å². The summed E-state index contributed by atoms with van der Waals surface area (Å²) in [6.45, 7) is 2.79. The molecule has 3 aliphatic heterocycles. The van der Waals surface area contributed by atoms with E-state index in [1.165, 1.54) is 11.6 Å². The molecule has 6 rings (SSSR count). The van der Waals surface area contributed by atoms with E-state index in [1.807, 2.05) is 6.07 Å². The van der Waals surface area contributed by atoms with Crippen LogP contribution in [0.5, 0.6) is 0 Å². The van der Waals surface area contributed by atoms with Gasteiger partial charge in [-0.05, 0) is 49.3 Å². The standard InChI is InChI=1S/C29H35FN2O3.BrH/c30-25-11-4-5-12-26(25)31-28(33)20-32-17-15-23(16-18-32)27(19-32)35-29(34)24-10-6-9-22(13-14-24)21-7-2-1-3-8-21;/h1-5,7-8,11-12,22-24,27H,6,9-10,13-20H2;1H/t22?,23?,24?,27-,32?;/m0./s1. The number of rotatable bonds is 6. The summed E-state index contributed by atoms with van der Waals surface area (Å²) in [6, 6.07) is 16.9. The lowest BCUT2D eigenvalue weighted by Gasteiger charge is -2.51. The third-order valence-corrected chi connectivity index (χ3v) is 8.51. The molecule has 0 radical (unpaired) electrons. The fourth-order valence-corrected chi connectivity index (χ4v) is 6.48. The normalized spacial score (nSPS) is 29.5. The minimum Gasteiger partial charge on any atom is -1.00 e. The number of piperidine rings is 3. The molecule has 4 fully saturated rings. The number of anilines is 1. The highest BCUT2D eigenvalue weighted by Gasteiger charge is 2.49. The number of ether oxygens (including phenoxy) is 1. The van der Waals surface area contributed by atoms with Crippen molar-refractivity contribution in [2.45, 2.75) is 57.0 Å². The van der Waals surface area contributed by atoms with Crippen molar-refractivity contribution in [3.8, 4) is 0 Å². The smallest absolute Gasteiger partial charge is 0.309 e. The van der Waals surface area contributed by atoms with Gasteiger partial charge in [0.25, 0.3) is 5.91 Å². The van der Waals surface area contributed by atoms with E-state index >= 15 is 0 Å². The van der Waals surface area contributed by atoms with Crippen molar-refractivity contribution in [2.24, 2.45) is 11.8 Å². The van der Waals surface area contributed by atoms with E-state index in [1.54, 1.807) is 18.2 Å². The molecule has 2 aromatic rings. The molecule has 0 aromatic heterocycles. The van der Waals surface area contributed by atoms with Crippen molar-refractivity contribution >= 4 is 17.6 Å². The van der Waals surface area contributed by atoms with Crippen LogP contribution in [0.25, 0.3) is 0 Å². The second-order valence-electron chi connectivity index (χ2n) is 10.8. The predicted octanol–water partition coefficient (Wildman–Crippen LogP) is 2.28. The molecule has 1 saturated carbocycles. The first-order chi connectivity index (χ1) is 17.0. The number of para-hydroxylation sites is 1. The summed E-state index contributed by atoms with van der Waals surface area (Å²) in [5, 5.41) is 2.73. The van der Waals surface area contributed by atoms with E-state index in [0.29, 0.717) is 22.9 Å². The highest BCUT2D eigenvalue weighted by Crippen LogP contribution is 2.38. The Kier molecular flexibility index (Phi) is 8.83. The van der Waals surface area contributed by atoms with Gasteiger partial charge in [0.1, 0.15) is 12.4 Å². The lowest BCUT2D eigenvalue weighted by Crippen LogP contribution is -3.00. The summed E-state index contributed by atoms with van der Waals surface area (Å²) in [5.74, 6) is 0.214. The molecule has 2 aromatic carbocycles. The Hall–Kier alpha value is -2.25. The number of esters is 1. The van der Waals surface area contributed by atoms with Gasteiger partial charge in [-0.2, -0.15) is 0 Å². The molecule has 1 amide bonds. The van der Waals surface area contributed by atoms with Gasteiger partial charge in [-0.25, -0.2) is 4.39 Å². The maximum Gasteiger partial charge on any atom is 0.309 e. The summed E-state index contributed by atoms with van der Waals surface area (Å²) >= 11 is 0. The van der Waals surface area contributed by atoms with E-state index in [9.17, 15) is 14.0 Å².